The van der Waals surface area contributed by atoms with Gasteiger partial charge in [0, 0.05) is 11.5 Å². The minimum atomic E-state index is -0.0399. The summed E-state index contributed by atoms with van der Waals surface area (Å²) in [6.07, 6.45) is 1.94. The van der Waals surface area contributed by atoms with Crippen molar-refractivity contribution in [1.29, 1.82) is 0 Å². The van der Waals surface area contributed by atoms with Crippen molar-refractivity contribution in [2.45, 2.75) is 17.8 Å². The molecule has 3 heteroatoms. The molecule has 0 aromatic heterocycles. The summed E-state index contributed by atoms with van der Waals surface area (Å²) in [6.45, 7) is 2.82. The zero-order valence-electron chi connectivity index (χ0n) is 8.08. The fourth-order valence-electron chi connectivity index (χ4n) is 0.959. The Kier molecular flexibility index (Phi) is 4.82. The predicted octanol–water partition coefficient (Wildman–Crippen LogP) is 3.81. The quantitative estimate of drug-likeness (QED) is 0.591. The molecule has 0 aliphatic carbocycles. The zero-order chi connectivity index (χ0) is 10.4. The molecule has 0 bridgehead atoms. The smallest absolute Gasteiger partial charge is 0.0672 e. The van der Waals surface area contributed by atoms with Crippen LogP contribution in [0.2, 0.25) is 0 Å². The van der Waals surface area contributed by atoms with Gasteiger partial charge in [0.15, 0.2) is 0 Å². The maximum absolute atomic E-state index is 4.38. The van der Waals surface area contributed by atoms with Gasteiger partial charge < -0.3 is 0 Å². The van der Waals surface area contributed by atoms with Gasteiger partial charge in [-0.1, -0.05) is 62.2 Å². The molecule has 0 aliphatic rings. The van der Waals surface area contributed by atoms with Crippen LogP contribution in [0.15, 0.2) is 35.3 Å². The highest BCUT2D eigenvalue weighted by Gasteiger charge is 2.14. The van der Waals surface area contributed by atoms with Crippen LogP contribution in [0.5, 0.6) is 0 Å². The SMILES string of the molecule is CC(Br)(C=NCc1ccccc1)CBr. The van der Waals surface area contributed by atoms with Crippen molar-refractivity contribution >= 4 is 38.1 Å². The third-order valence-electron chi connectivity index (χ3n) is 1.74. The Balaban J connectivity index is 2.49. The molecule has 0 aliphatic heterocycles. The van der Waals surface area contributed by atoms with Crippen molar-refractivity contribution < 1.29 is 0 Å². The summed E-state index contributed by atoms with van der Waals surface area (Å²) in [7, 11) is 0. The Hall–Kier alpha value is -0.150. The van der Waals surface area contributed by atoms with Gasteiger partial charge >= 0.3 is 0 Å². The lowest BCUT2D eigenvalue weighted by atomic mass is 10.2. The molecular formula is C11H13Br2N. The van der Waals surface area contributed by atoms with E-state index >= 15 is 0 Å². The highest BCUT2D eigenvalue weighted by Crippen LogP contribution is 2.17. The maximum atomic E-state index is 4.38. The maximum Gasteiger partial charge on any atom is 0.0672 e. The number of benzene rings is 1. The Labute approximate surface area is 102 Å². The summed E-state index contributed by atoms with van der Waals surface area (Å²) in [6, 6.07) is 10.2. The van der Waals surface area contributed by atoms with Crippen LogP contribution in [0.25, 0.3) is 0 Å². The van der Waals surface area contributed by atoms with Crippen LogP contribution in [0.3, 0.4) is 0 Å². The molecule has 0 saturated heterocycles. The molecule has 14 heavy (non-hydrogen) atoms. The van der Waals surface area contributed by atoms with E-state index in [2.05, 4.69) is 55.9 Å². The number of hydrogen-bond donors (Lipinski definition) is 0. The molecule has 1 nitrogen and oxygen atoms in total. The molecule has 0 heterocycles. The first-order chi connectivity index (χ1) is 6.64. The summed E-state index contributed by atoms with van der Waals surface area (Å²) < 4.78 is -0.0399. The second kappa shape index (κ2) is 5.66. The second-order valence-corrected chi connectivity index (χ2v) is 5.74. The molecule has 1 atom stereocenters. The number of nitrogens with zero attached hydrogens (tertiary/aromatic N) is 1. The summed E-state index contributed by atoms with van der Waals surface area (Å²) >= 11 is 6.98. The van der Waals surface area contributed by atoms with Gasteiger partial charge in [0.2, 0.25) is 0 Å². The molecule has 0 spiro atoms. The lowest BCUT2D eigenvalue weighted by molar-refractivity contribution is 0.984. The average Bonchev–Trinajstić information content (AvgIpc) is 2.19. The molecule has 1 unspecified atom stereocenters. The van der Waals surface area contributed by atoms with Gasteiger partial charge in [-0.2, -0.15) is 0 Å². The largest absolute Gasteiger partial charge is 0.291 e. The number of alkyl halides is 2. The van der Waals surface area contributed by atoms with Gasteiger partial charge in [0.25, 0.3) is 0 Å². The van der Waals surface area contributed by atoms with Crippen molar-refractivity contribution in [3.05, 3.63) is 35.9 Å². The first-order valence-corrected chi connectivity index (χ1v) is 6.35. The molecule has 0 saturated carbocycles. The molecule has 0 amide bonds. The third-order valence-corrected chi connectivity index (χ3v) is 4.14. The summed E-state index contributed by atoms with van der Waals surface area (Å²) in [5.74, 6) is 0. The monoisotopic (exact) mass is 317 g/mol. The van der Waals surface area contributed by atoms with Crippen molar-refractivity contribution in [2.24, 2.45) is 4.99 Å². The van der Waals surface area contributed by atoms with Crippen LogP contribution in [0.4, 0.5) is 0 Å². The van der Waals surface area contributed by atoms with Crippen molar-refractivity contribution in [3.8, 4) is 0 Å². The molecule has 0 N–H and O–H groups in total. The molecule has 0 fully saturated rings. The lowest BCUT2D eigenvalue weighted by Gasteiger charge is -2.11. The predicted molar refractivity (Wildman–Crippen MR) is 69.8 cm³/mol. The molecule has 0 radical (unpaired) electrons. The molecule has 76 valence electrons. The lowest BCUT2D eigenvalue weighted by Crippen LogP contribution is -2.19. The summed E-state index contributed by atoms with van der Waals surface area (Å²) in [5, 5.41) is 0.859. The van der Waals surface area contributed by atoms with Crippen LogP contribution in [0, 0.1) is 0 Å². The van der Waals surface area contributed by atoms with Crippen LogP contribution in [-0.2, 0) is 6.54 Å². The Bertz CT molecular complexity index is 293. The topological polar surface area (TPSA) is 12.4 Å². The Morgan fingerprint density at radius 3 is 2.57 bits per heavy atom. The fraction of sp³-hybridized carbons (Fsp3) is 0.364. The first kappa shape index (κ1) is 11.9. The Morgan fingerprint density at radius 1 is 1.36 bits per heavy atom. The van der Waals surface area contributed by atoms with E-state index in [4.69, 9.17) is 0 Å². The van der Waals surface area contributed by atoms with Gasteiger partial charge in [0.05, 0.1) is 10.9 Å². The van der Waals surface area contributed by atoms with E-state index < -0.39 is 0 Å². The normalized spacial score (nSPS) is 15.6. The molecular weight excluding hydrogens is 306 g/mol. The summed E-state index contributed by atoms with van der Waals surface area (Å²) in [4.78, 5) is 4.38. The van der Waals surface area contributed by atoms with E-state index in [1.807, 2.05) is 24.4 Å². The van der Waals surface area contributed by atoms with Crippen molar-refractivity contribution in [2.75, 3.05) is 5.33 Å². The minimum Gasteiger partial charge on any atom is -0.291 e. The number of rotatable bonds is 4. The number of aliphatic imine (C=N–C) groups is 1. The van der Waals surface area contributed by atoms with Gasteiger partial charge in [-0.05, 0) is 12.5 Å². The summed E-state index contributed by atoms with van der Waals surface area (Å²) in [5.41, 5.74) is 1.24. The zero-order valence-corrected chi connectivity index (χ0v) is 11.3. The first-order valence-electron chi connectivity index (χ1n) is 4.44. The van der Waals surface area contributed by atoms with Crippen molar-refractivity contribution in [3.63, 3.8) is 0 Å². The number of halogens is 2. The van der Waals surface area contributed by atoms with E-state index in [0.29, 0.717) is 0 Å². The standard InChI is InChI=1S/C11H13Br2N/c1-11(13,8-12)9-14-7-10-5-3-2-4-6-10/h2-6,9H,7-8H2,1H3. The van der Waals surface area contributed by atoms with Gasteiger partial charge in [-0.25, -0.2) is 0 Å². The fourth-order valence-corrected chi connectivity index (χ4v) is 1.25. The van der Waals surface area contributed by atoms with Gasteiger partial charge in [-0.3, -0.25) is 4.99 Å². The van der Waals surface area contributed by atoms with Crippen LogP contribution in [-0.4, -0.2) is 15.9 Å². The average molecular weight is 319 g/mol. The van der Waals surface area contributed by atoms with Crippen molar-refractivity contribution in [1.82, 2.24) is 0 Å². The highest BCUT2D eigenvalue weighted by molar-refractivity contribution is 9.12. The van der Waals surface area contributed by atoms with Crippen LogP contribution >= 0.6 is 31.9 Å². The third kappa shape index (κ3) is 4.38. The van der Waals surface area contributed by atoms with E-state index in [0.717, 1.165) is 11.9 Å². The van der Waals surface area contributed by atoms with E-state index in [1.54, 1.807) is 0 Å². The van der Waals surface area contributed by atoms with Crippen LogP contribution in [0.1, 0.15) is 12.5 Å². The van der Waals surface area contributed by atoms with Crippen LogP contribution < -0.4 is 0 Å². The highest BCUT2D eigenvalue weighted by atomic mass is 79.9. The molecule has 1 aromatic rings. The second-order valence-electron chi connectivity index (χ2n) is 3.37. The molecule has 1 rings (SSSR count). The Morgan fingerprint density at radius 2 is 2.00 bits per heavy atom. The van der Waals surface area contributed by atoms with E-state index in [9.17, 15) is 0 Å². The minimum absolute atomic E-state index is 0.0399. The molecule has 1 aromatic carbocycles. The number of hydrogen-bond acceptors (Lipinski definition) is 1. The van der Waals surface area contributed by atoms with E-state index in [1.165, 1.54) is 5.56 Å². The van der Waals surface area contributed by atoms with E-state index in [-0.39, 0.29) is 4.32 Å². The van der Waals surface area contributed by atoms with Gasteiger partial charge in [0.1, 0.15) is 0 Å². The van der Waals surface area contributed by atoms with Gasteiger partial charge in [-0.15, -0.1) is 0 Å².